The number of ether oxygens (including phenoxy) is 1. The van der Waals surface area contributed by atoms with Crippen LogP contribution >= 0.6 is 0 Å². The number of halogens is 1. The number of hydrogen-bond donors (Lipinski definition) is 1. The Balaban J connectivity index is 1.44. The van der Waals surface area contributed by atoms with Crippen LogP contribution in [0.2, 0.25) is 0 Å². The SMILES string of the molecule is COc1ccccc1N1CCN(c2nccc(Nc3ccccc3F)n2)CC1. The van der Waals surface area contributed by atoms with E-state index in [2.05, 4.69) is 31.2 Å². The Bertz CT molecular complexity index is 943. The highest BCUT2D eigenvalue weighted by Gasteiger charge is 2.21. The van der Waals surface area contributed by atoms with Crippen LogP contribution in [0.4, 0.5) is 27.5 Å². The molecule has 0 bridgehead atoms. The Kier molecular flexibility index (Phi) is 5.23. The molecule has 144 valence electrons. The summed E-state index contributed by atoms with van der Waals surface area (Å²) in [5, 5.41) is 3.02. The number of methoxy groups -OCH3 is 1. The van der Waals surface area contributed by atoms with Crippen LogP contribution in [0.15, 0.2) is 60.8 Å². The largest absolute Gasteiger partial charge is 0.495 e. The molecular weight excluding hydrogens is 357 g/mol. The van der Waals surface area contributed by atoms with Crippen LogP contribution in [-0.4, -0.2) is 43.3 Å². The first-order chi connectivity index (χ1) is 13.7. The summed E-state index contributed by atoms with van der Waals surface area (Å²) in [4.78, 5) is 13.4. The molecule has 1 saturated heterocycles. The quantitative estimate of drug-likeness (QED) is 0.730. The number of benzene rings is 2. The van der Waals surface area contributed by atoms with Gasteiger partial charge < -0.3 is 19.9 Å². The summed E-state index contributed by atoms with van der Waals surface area (Å²) in [6, 6.07) is 16.3. The van der Waals surface area contributed by atoms with Gasteiger partial charge in [0.05, 0.1) is 18.5 Å². The molecule has 2 heterocycles. The first-order valence-corrected chi connectivity index (χ1v) is 9.22. The predicted molar refractivity (Wildman–Crippen MR) is 109 cm³/mol. The van der Waals surface area contributed by atoms with E-state index in [1.54, 1.807) is 37.6 Å². The summed E-state index contributed by atoms with van der Waals surface area (Å²) in [5.74, 6) is 1.78. The fourth-order valence-electron chi connectivity index (χ4n) is 3.31. The smallest absolute Gasteiger partial charge is 0.227 e. The lowest BCUT2D eigenvalue weighted by Crippen LogP contribution is -2.47. The predicted octanol–water partition coefficient (Wildman–Crippen LogP) is 3.69. The van der Waals surface area contributed by atoms with Crippen molar-refractivity contribution < 1.29 is 9.13 Å². The Morgan fingerprint density at radius 2 is 1.64 bits per heavy atom. The van der Waals surface area contributed by atoms with Crippen LogP contribution in [0.1, 0.15) is 0 Å². The molecule has 4 rings (SSSR count). The lowest BCUT2D eigenvalue weighted by Gasteiger charge is -2.36. The standard InChI is InChI=1S/C21H22FN5O/c1-28-19-9-5-4-8-18(19)26-12-14-27(15-13-26)21-23-11-10-20(25-21)24-17-7-3-2-6-16(17)22/h2-11H,12-15H2,1H3,(H,23,24,25). The van der Waals surface area contributed by atoms with Gasteiger partial charge in [0.2, 0.25) is 5.95 Å². The van der Waals surface area contributed by atoms with E-state index in [0.29, 0.717) is 17.5 Å². The van der Waals surface area contributed by atoms with Gasteiger partial charge in [-0.05, 0) is 30.3 Å². The normalized spacial score (nSPS) is 14.1. The van der Waals surface area contributed by atoms with Crippen LogP contribution in [0.5, 0.6) is 5.75 Å². The topological polar surface area (TPSA) is 53.5 Å². The molecule has 6 nitrogen and oxygen atoms in total. The van der Waals surface area contributed by atoms with Crippen molar-refractivity contribution in [2.24, 2.45) is 0 Å². The second kappa shape index (κ2) is 8.12. The van der Waals surface area contributed by atoms with Crippen molar-refractivity contribution in [3.8, 4) is 5.75 Å². The molecule has 1 fully saturated rings. The second-order valence-electron chi connectivity index (χ2n) is 6.49. The van der Waals surface area contributed by atoms with Crippen LogP contribution in [-0.2, 0) is 0 Å². The van der Waals surface area contributed by atoms with Crippen molar-refractivity contribution >= 4 is 23.1 Å². The molecule has 7 heteroatoms. The fourth-order valence-corrected chi connectivity index (χ4v) is 3.31. The van der Waals surface area contributed by atoms with E-state index in [-0.39, 0.29) is 5.82 Å². The average molecular weight is 379 g/mol. The van der Waals surface area contributed by atoms with Crippen molar-refractivity contribution in [3.05, 3.63) is 66.6 Å². The molecule has 0 radical (unpaired) electrons. The molecule has 0 unspecified atom stereocenters. The third-order valence-corrected chi connectivity index (χ3v) is 4.77. The maximum atomic E-state index is 13.9. The van der Waals surface area contributed by atoms with E-state index in [4.69, 9.17) is 4.74 Å². The van der Waals surface area contributed by atoms with Crippen molar-refractivity contribution in [1.29, 1.82) is 0 Å². The van der Waals surface area contributed by atoms with E-state index in [9.17, 15) is 4.39 Å². The van der Waals surface area contributed by atoms with Crippen LogP contribution in [0.25, 0.3) is 0 Å². The number of anilines is 4. The summed E-state index contributed by atoms with van der Waals surface area (Å²) < 4.78 is 19.3. The van der Waals surface area contributed by atoms with Gasteiger partial charge in [-0.25, -0.2) is 9.37 Å². The third-order valence-electron chi connectivity index (χ3n) is 4.77. The Hall–Kier alpha value is -3.35. The Morgan fingerprint density at radius 1 is 0.929 bits per heavy atom. The van der Waals surface area contributed by atoms with Gasteiger partial charge in [0.25, 0.3) is 0 Å². The van der Waals surface area contributed by atoms with Gasteiger partial charge in [-0.15, -0.1) is 0 Å². The second-order valence-corrected chi connectivity index (χ2v) is 6.49. The van der Waals surface area contributed by atoms with Gasteiger partial charge in [0.15, 0.2) is 0 Å². The van der Waals surface area contributed by atoms with Gasteiger partial charge >= 0.3 is 0 Å². The minimum Gasteiger partial charge on any atom is -0.495 e. The lowest BCUT2D eigenvalue weighted by atomic mass is 10.2. The summed E-state index contributed by atoms with van der Waals surface area (Å²) in [5.41, 5.74) is 1.49. The highest BCUT2D eigenvalue weighted by Crippen LogP contribution is 2.29. The van der Waals surface area contributed by atoms with Crippen LogP contribution in [0, 0.1) is 5.82 Å². The zero-order valence-electron chi connectivity index (χ0n) is 15.7. The molecule has 1 aliphatic rings. The van der Waals surface area contributed by atoms with Gasteiger partial charge in [0, 0.05) is 32.4 Å². The van der Waals surface area contributed by atoms with Gasteiger partial charge in [-0.2, -0.15) is 4.98 Å². The minimum absolute atomic E-state index is 0.312. The number of para-hydroxylation sites is 3. The van der Waals surface area contributed by atoms with Crippen LogP contribution in [0.3, 0.4) is 0 Å². The minimum atomic E-state index is -0.312. The van der Waals surface area contributed by atoms with E-state index in [1.165, 1.54) is 6.07 Å². The van der Waals surface area contributed by atoms with Crippen molar-refractivity contribution in [2.45, 2.75) is 0 Å². The van der Waals surface area contributed by atoms with E-state index in [0.717, 1.165) is 37.6 Å². The number of nitrogens with one attached hydrogen (secondary N) is 1. The van der Waals surface area contributed by atoms with E-state index >= 15 is 0 Å². The molecule has 28 heavy (non-hydrogen) atoms. The molecule has 0 saturated carbocycles. The number of aromatic nitrogens is 2. The van der Waals surface area contributed by atoms with Crippen molar-refractivity contribution in [1.82, 2.24) is 9.97 Å². The average Bonchev–Trinajstić information content (AvgIpc) is 2.76. The summed E-state index contributed by atoms with van der Waals surface area (Å²) in [7, 11) is 1.69. The van der Waals surface area contributed by atoms with E-state index < -0.39 is 0 Å². The molecule has 1 aliphatic heterocycles. The Morgan fingerprint density at radius 3 is 2.43 bits per heavy atom. The molecule has 0 spiro atoms. The summed E-state index contributed by atoms with van der Waals surface area (Å²) in [6.07, 6.45) is 1.69. The first kappa shape index (κ1) is 18.0. The number of piperazine rings is 1. The molecule has 1 N–H and O–H groups in total. The van der Waals surface area contributed by atoms with Gasteiger partial charge in [-0.3, -0.25) is 0 Å². The monoisotopic (exact) mass is 379 g/mol. The number of hydrogen-bond acceptors (Lipinski definition) is 6. The van der Waals surface area contributed by atoms with Crippen molar-refractivity contribution in [2.75, 3.05) is 48.4 Å². The molecular formula is C21H22FN5O. The molecule has 2 aromatic carbocycles. The molecule has 1 aromatic heterocycles. The molecule has 3 aromatic rings. The maximum absolute atomic E-state index is 13.9. The number of nitrogens with zero attached hydrogens (tertiary/aromatic N) is 4. The van der Waals surface area contributed by atoms with Gasteiger partial charge in [0.1, 0.15) is 17.4 Å². The number of rotatable bonds is 5. The van der Waals surface area contributed by atoms with E-state index in [1.807, 2.05) is 18.2 Å². The lowest BCUT2D eigenvalue weighted by molar-refractivity contribution is 0.413. The highest BCUT2D eigenvalue weighted by atomic mass is 19.1. The highest BCUT2D eigenvalue weighted by molar-refractivity contribution is 5.60. The molecule has 0 atom stereocenters. The van der Waals surface area contributed by atoms with Crippen LogP contribution < -0.4 is 19.9 Å². The summed E-state index contributed by atoms with van der Waals surface area (Å²) >= 11 is 0. The third kappa shape index (κ3) is 3.83. The zero-order chi connectivity index (χ0) is 19.3. The Labute approximate surface area is 163 Å². The maximum Gasteiger partial charge on any atom is 0.227 e. The molecule has 0 aliphatic carbocycles. The van der Waals surface area contributed by atoms with Gasteiger partial charge in [-0.1, -0.05) is 24.3 Å². The zero-order valence-corrected chi connectivity index (χ0v) is 15.7. The first-order valence-electron chi connectivity index (χ1n) is 9.22. The molecule has 0 amide bonds. The van der Waals surface area contributed by atoms with Crippen molar-refractivity contribution in [3.63, 3.8) is 0 Å². The fraction of sp³-hybridized carbons (Fsp3) is 0.238. The summed E-state index contributed by atoms with van der Waals surface area (Å²) in [6.45, 7) is 3.27.